The fourth-order valence-electron chi connectivity index (χ4n) is 1.80. The van der Waals surface area contributed by atoms with E-state index in [-0.39, 0.29) is 36.3 Å². The monoisotopic (exact) mass is 340 g/mol. The van der Waals surface area contributed by atoms with Crippen LogP contribution in [0.15, 0.2) is 18.2 Å². The first-order chi connectivity index (χ1) is 11.2. The number of rotatable bonds is 8. The maximum Gasteiger partial charge on any atom is 0.220 e. The predicted octanol–water partition coefficient (Wildman–Crippen LogP) is 2.20. The number of amides is 2. The highest BCUT2D eigenvalue weighted by molar-refractivity contribution is 5.99. The first kappa shape index (κ1) is 19.7. The summed E-state index contributed by atoms with van der Waals surface area (Å²) < 4.78 is 26.2. The van der Waals surface area contributed by atoms with E-state index in [1.165, 1.54) is 0 Å². The molecular weight excluding hydrogens is 318 g/mol. The van der Waals surface area contributed by atoms with Crippen molar-refractivity contribution >= 4 is 17.6 Å². The third-order valence-corrected chi connectivity index (χ3v) is 3.65. The first-order valence-electron chi connectivity index (χ1n) is 7.75. The van der Waals surface area contributed by atoms with Crippen molar-refractivity contribution in [2.75, 3.05) is 6.54 Å². The summed E-state index contributed by atoms with van der Waals surface area (Å²) in [6.45, 7) is 5.40. The summed E-state index contributed by atoms with van der Waals surface area (Å²) >= 11 is 0. The van der Waals surface area contributed by atoms with Crippen molar-refractivity contribution in [1.82, 2.24) is 10.6 Å². The Bertz CT molecular complexity index is 618. The summed E-state index contributed by atoms with van der Waals surface area (Å²) in [7, 11) is 0. The number of halogens is 2. The SMILES string of the molecule is CC(C)[C@@H](C)NC(=O)CCC(=O)NCC(=O)c1ccc(F)cc1F. The lowest BCUT2D eigenvalue weighted by atomic mass is 10.1. The molecule has 0 fully saturated rings. The van der Waals surface area contributed by atoms with E-state index in [0.717, 1.165) is 12.1 Å². The van der Waals surface area contributed by atoms with Crippen molar-refractivity contribution in [3.8, 4) is 0 Å². The van der Waals surface area contributed by atoms with E-state index in [9.17, 15) is 23.2 Å². The van der Waals surface area contributed by atoms with Gasteiger partial charge in [0, 0.05) is 24.9 Å². The van der Waals surface area contributed by atoms with Gasteiger partial charge in [-0.25, -0.2) is 8.78 Å². The van der Waals surface area contributed by atoms with E-state index in [4.69, 9.17) is 0 Å². The third kappa shape index (κ3) is 6.44. The van der Waals surface area contributed by atoms with Crippen molar-refractivity contribution in [3.63, 3.8) is 0 Å². The average Bonchev–Trinajstić information content (AvgIpc) is 2.50. The normalized spacial score (nSPS) is 11.9. The molecule has 0 aliphatic carbocycles. The molecule has 2 amide bonds. The van der Waals surface area contributed by atoms with Crippen LogP contribution in [-0.2, 0) is 9.59 Å². The highest BCUT2D eigenvalue weighted by atomic mass is 19.1. The van der Waals surface area contributed by atoms with Gasteiger partial charge in [0.2, 0.25) is 11.8 Å². The molecule has 0 radical (unpaired) electrons. The second kappa shape index (κ2) is 9.10. The lowest BCUT2D eigenvalue weighted by Crippen LogP contribution is -2.37. The summed E-state index contributed by atoms with van der Waals surface area (Å²) in [6.07, 6.45) is -0.0716. The van der Waals surface area contributed by atoms with E-state index in [0.29, 0.717) is 6.07 Å². The molecule has 1 aromatic rings. The molecule has 24 heavy (non-hydrogen) atoms. The summed E-state index contributed by atoms with van der Waals surface area (Å²) in [5.41, 5.74) is -0.291. The minimum Gasteiger partial charge on any atom is -0.353 e. The molecule has 1 atom stereocenters. The molecule has 1 aromatic carbocycles. The van der Waals surface area contributed by atoms with Gasteiger partial charge in [-0.1, -0.05) is 13.8 Å². The average molecular weight is 340 g/mol. The Morgan fingerprint density at radius 3 is 2.25 bits per heavy atom. The fraction of sp³-hybridized carbons (Fsp3) is 0.471. The maximum absolute atomic E-state index is 13.4. The summed E-state index contributed by atoms with van der Waals surface area (Å²) in [6, 6.07) is 2.61. The Balaban J connectivity index is 2.38. The molecule has 0 aliphatic heterocycles. The van der Waals surface area contributed by atoms with Crippen LogP contribution >= 0.6 is 0 Å². The Labute approximate surface area is 139 Å². The zero-order valence-electron chi connectivity index (χ0n) is 14.0. The second-order valence-electron chi connectivity index (χ2n) is 5.92. The van der Waals surface area contributed by atoms with Crippen LogP contribution < -0.4 is 10.6 Å². The summed E-state index contributed by atoms with van der Waals surface area (Å²) in [4.78, 5) is 35.1. The molecule has 132 valence electrons. The van der Waals surface area contributed by atoms with Gasteiger partial charge in [0.1, 0.15) is 11.6 Å². The van der Waals surface area contributed by atoms with Crippen molar-refractivity contribution in [1.29, 1.82) is 0 Å². The van der Waals surface area contributed by atoms with Gasteiger partial charge in [-0.05, 0) is 25.0 Å². The highest BCUT2D eigenvalue weighted by Gasteiger charge is 2.15. The van der Waals surface area contributed by atoms with E-state index in [2.05, 4.69) is 10.6 Å². The third-order valence-electron chi connectivity index (χ3n) is 3.65. The van der Waals surface area contributed by atoms with Crippen LogP contribution in [0.25, 0.3) is 0 Å². The molecule has 0 heterocycles. The number of Topliss-reactive ketones (excluding diaryl/α,β-unsaturated/α-hetero) is 1. The Morgan fingerprint density at radius 2 is 1.67 bits per heavy atom. The maximum atomic E-state index is 13.4. The van der Waals surface area contributed by atoms with Gasteiger partial charge in [-0.3, -0.25) is 14.4 Å². The zero-order valence-corrected chi connectivity index (χ0v) is 14.0. The number of ketones is 1. The molecule has 1 rings (SSSR count). The van der Waals surface area contributed by atoms with E-state index in [1.54, 1.807) is 0 Å². The largest absolute Gasteiger partial charge is 0.353 e. The van der Waals surface area contributed by atoms with E-state index < -0.39 is 29.9 Å². The Morgan fingerprint density at radius 1 is 1.04 bits per heavy atom. The van der Waals surface area contributed by atoms with Crippen molar-refractivity contribution in [2.24, 2.45) is 5.92 Å². The van der Waals surface area contributed by atoms with Crippen LogP contribution in [0.2, 0.25) is 0 Å². The highest BCUT2D eigenvalue weighted by Crippen LogP contribution is 2.10. The van der Waals surface area contributed by atoms with E-state index in [1.807, 2.05) is 20.8 Å². The smallest absolute Gasteiger partial charge is 0.220 e. The van der Waals surface area contributed by atoms with E-state index >= 15 is 0 Å². The number of hydrogen-bond donors (Lipinski definition) is 2. The van der Waals surface area contributed by atoms with Crippen LogP contribution in [0.5, 0.6) is 0 Å². The van der Waals surface area contributed by atoms with Crippen LogP contribution in [0, 0.1) is 17.6 Å². The quantitative estimate of drug-likeness (QED) is 0.713. The number of carbonyl (C=O) groups is 3. The summed E-state index contributed by atoms with van der Waals surface area (Å²) in [5, 5.41) is 5.09. The summed E-state index contributed by atoms with van der Waals surface area (Å²) in [5.74, 6) is -2.88. The van der Waals surface area contributed by atoms with Crippen molar-refractivity contribution in [3.05, 3.63) is 35.4 Å². The van der Waals surface area contributed by atoms with Gasteiger partial charge in [0.15, 0.2) is 5.78 Å². The van der Waals surface area contributed by atoms with Gasteiger partial charge in [-0.2, -0.15) is 0 Å². The molecule has 0 aliphatic rings. The molecule has 7 heteroatoms. The minimum atomic E-state index is -0.976. The van der Waals surface area contributed by atoms with Crippen LogP contribution in [0.1, 0.15) is 44.0 Å². The zero-order chi connectivity index (χ0) is 18.3. The second-order valence-corrected chi connectivity index (χ2v) is 5.92. The van der Waals surface area contributed by atoms with Gasteiger partial charge in [0.25, 0.3) is 0 Å². The Hall–Kier alpha value is -2.31. The van der Waals surface area contributed by atoms with Crippen LogP contribution in [0.4, 0.5) is 8.78 Å². The molecule has 0 spiro atoms. The standard InChI is InChI=1S/C17H22F2N2O3/c1-10(2)11(3)21-17(24)7-6-16(23)20-9-15(22)13-5-4-12(18)8-14(13)19/h4-5,8,10-11H,6-7,9H2,1-3H3,(H,20,23)(H,21,24)/t11-/m1/s1. The predicted molar refractivity (Wildman–Crippen MR) is 85.4 cm³/mol. The van der Waals surface area contributed by atoms with Crippen molar-refractivity contribution in [2.45, 2.75) is 39.7 Å². The lowest BCUT2D eigenvalue weighted by molar-refractivity contribution is -0.126. The molecule has 2 N–H and O–H groups in total. The van der Waals surface area contributed by atoms with Gasteiger partial charge in [-0.15, -0.1) is 0 Å². The number of hydrogen-bond acceptors (Lipinski definition) is 3. The van der Waals surface area contributed by atoms with Crippen molar-refractivity contribution < 1.29 is 23.2 Å². The lowest BCUT2D eigenvalue weighted by Gasteiger charge is -2.17. The molecule has 0 saturated carbocycles. The first-order valence-corrected chi connectivity index (χ1v) is 7.75. The van der Waals surface area contributed by atoms with Crippen LogP contribution in [0.3, 0.4) is 0 Å². The topological polar surface area (TPSA) is 75.3 Å². The number of nitrogens with one attached hydrogen (secondary N) is 2. The van der Waals surface area contributed by atoms with Gasteiger partial charge < -0.3 is 10.6 Å². The number of benzene rings is 1. The molecule has 0 bridgehead atoms. The molecule has 0 unspecified atom stereocenters. The number of carbonyl (C=O) groups excluding carboxylic acids is 3. The van der Waals surface area contributed by atoms with Gasteiger partial charge >= 0.3 is 0 Å². The molecule has 0 saturated heterocycles. The minimum absolute atomic E-state index is 0.00198. The molecule has 5 nitrogen and oxygen atoms in total. The van der Waals surface area contributed by atoms with Crippen LogP contribution in [-0.4, -0.2) is 30.2 Å². The molecular formula is C17H22F2N2O3. The molecule has 0 aromatic heterocycles. The fourth-order valence-corrected chi connectivity index (χ4v) is 1.80. The Kier molecular flexibility index (Phi) is 7.48. The van der Waals surface area contributed by atoms with Gasteiger partial charge in [0.05, 0.1) is 12.1 Å².